The lowest BCUT2D eigenvalue weighted by Gasteiger charge is -2.08. The summed E-state index contributed by atoms with van der Waals surface area (Å²) in [7, 11) is 0. The van der Waals surface area contributed by atoms with E-state index in [9.17, 15) is 4.79 Å². The lowest BCUT2D eigenvalue weighted by atomic mass is 10.2. The Hall–Kier alpha value is -1.26. The van der Waals surface area contributed by atoms with Crippen LogP contribution in [0, 0.1) is 0 Å². The molecule has 0 fully saturated rings. The zero-order valence-electron chi connectivity index (χ0n) is 8.94. The van der Waals surface area contributed by atoms with E-state index in [0.717, 1.165) is 5.56 Å². The summed E-state index contributed by atoms with van der Waals surface area (Å²) in [6, 6.07) is 7.13. The van der Waals surface area contributed by atoms with E-state index in [1.807, 2.05) is 12.1 Å². The van der Waals surface area contributed by atoms with E-state index in [-0.39, 0.29) is 6.61 Å². The molecule has 0 spiro atoms. The molecular weight excluding hydrogens is 230 g/mol. The second-order valence-electron chi connectivity index (χ2n) is 3.43. The Morgan fingerprint density at radius 1 is 1.50 bits per heavy atom. The summed E-state index contributed by atoms with van der Waals surface area (Å²) in [5, 5.41) is 12.1. The molecule has 0 radical (unpaired) electrons. The molecule has 0 unspecified atom stereocenters. The fraction of sp³-hybridized carbons (Fsp3) is 0.364. The molecule has 0 bridgehead atoms. The van der Waals surface area contributed by atoms with Crippen molar-refractivity contribution in [3.8, 4) is 0 Å². The standard InChI is InChI=1S/C11H14ClNO3/c1-8(14)7-16-11(15)13-6-9-2-4-10(12)5-3-9/h2-5,8,14H,6-7H2,1H3,(H,13,15)/t8-/m0/s1. The summed E-state index contributed by atoms with van der Waals surface area (Å²) in [4.78, 5) is 11.1. The number of carbonyl (C=O) groups is 1. The van der Waals surface area contributed by atoms with Crippen LogP contribution in [-0.4, -0.2) is 23.9 Å². The van der Waals surface area contributed by atoms with Gasteiger partial charge in [-0.3, -0.25) is 0 Å². The Morgan fingerprint density at radius 2 is 2.12 bits per heavy atom. The van der Waals surface area contributed by atoms with E-state index in [1.54, 1.807) is 19.1 Å². The molecule has 5 heteroatoms. The zero-order chi connectivity index (χ0) is 12.0. The van der Waals surface area contributed by atoms with Crippen molar-refractivity contribution in [3.63, 3.8) is 0 Å². The first-order valence-electron chi connectivity index (χ1n) is 4.91. The van der Waals surface area contributed by atoms with Gasteiger partial charge in [-0.25, -0.2) is 4.79 Å². The van der Waals surface area contributed by atoms with Crippen LogP contribution in [0.25, 0.3) is 0 Å². The SMILES string of the molecule is C[C@H](O)COC(=O)NCc1ccc(Cl)cc1. The predicted molar refractivity (Wildman–Crippen MR) is 61.3 cm³/mol. The summed E-state index contributed by atoms with van der Waals surface area (Å²) in [6.45, 7) is 1.91. The number of amides is 1. The number of hydrogen-bond acceptors (Lipinski definition) is 3. The van der Waals surface area contributed by atoms with Crippen molar-refractivity contribution in [1.82, 2.24) is 5.32 Å². The number of carbonyl (C=O) groups excluding carboxylic acids is 1. The molecular formula is C11H14ClNO3. The number of halogens is 1. The Balaban J connectivity index is 2.29. The van der Waals surface area contributed by atoms with Crippen LogP contribution in [-0.2, 0) is 11.3 Å². The van der Waals surface area contributed by atoms with Gasteiger partial charge in [0.1, 0.15) is 6.61 Å². The molecule has 0 aromatic heterocycles. The minimum absolute atomic E-state index is 0.00749. The van der Waals surface area contributed by atoms with Crippen molar-refractivity contribution in [2.45, 2.75) is 19.6 Å². The Labute approximate surface area is 99.2 Å². The topological polar surface area (TPSA) is 58.6 Å². The largest absolute Gasteiger partial charge is 0.447 e. The van der Waals surface area contributed by atoms with Crippen LogP contribution in [0.5, 0.6) is 0 Å². The average molecular weight is 244 g/mol. The third-order valence-electron chi connectivity index (χ3n) is 1.81. The van der Waals surface area contributed by atoms with Gasteiger partial charge in [-0.1, -0.05) is 23.7 Å². The van der Waals surface area contributed by atoms with E-state index in [1.165, 1.54) is 0 Å². The third kappa shape index (κ3) is 5.00. The van der Waals surface area contributed by atoms with Gasteiger partial charge in [-0.05, 0) is 24.6 Å². The summed E-state index contributed by atoms with van der Waals surface area (Å²) >= 11 is 5.72. The van der Waals surface area contributed by atoms with Gasteiger partial charge in [-0.15, -0.1) is 0 Å². The van der Waals surface area contributed by atoms with Gasteiger partial charge in [0.15, 0.2) is 0 Å². The molecule has 0 aliphatic heterocycles. The summed E-state index contributed by atoms with van der Waals surface area (Å²) in [6.07, 6.45) is -1.20. The molecule has 0 saturated carbocycles. The predicted octanol–water partition coefficient (Wildman–Crippen LogP) is 1.95. The van der Waals surface area contributed by atoms with Crippen LogP contribution >= 0.6 is 11.6 Å². The minimum Gasteiger partial charge on any atom is -0.447 e. The quantitative estimate of drug-likeness (QED) is 0.850. The number of rotatable bonds is 4. The summed E-state index contributed by atoms with van der Waals surface area (Å²) < 4.78 is 4.72. The number of benzene rings is 1. The van der Waals surface area contributed by atoms with E-state index < -0.39 is 12.2 Å². The minimum atomic E-state index is -0.652. The highest BCUT2D eigenvalue weighted by Gasteiger charge is 2.03. The number of aliphatic hydroxyl groups excluding tert-OH is 1. The molecule has 4 nitrogen and oxygen atoms in total. The van der Waals surface area contributed by atoms with Crippen LogP contribution < -0.4 is 5.32 Å². The van der Waals surface area contributed by atoms with Crippen molar-refractivity contribution < 1.29 is 14.6 Å². The maximum Gasteiger partial charge on any atom is 0.407 e. The van der Waals surface area contributed by atoms with Crippen LogP contribution in [0.4, 0.5) is 4.79 Å². The highest BCUT2D eigenvalue weighted by molar-refractivity contribution is 6.30. The molecule has 1 aromatic rings. The Bertz CT molecular complexity index is 338. The van der Waals surface area contributed by atoms with E-state index in [0.29, 0.717) is 11.6 Å². The van der Waals surface area contributed by atoms with Crippen molar-refractivity contribution in [1.29, 1.82) is 0 Å². The molecule has 0 aliphatic rings. The molecule has 1 amide bonds. The molecule has 1 rings (SSSR count). The molecule has 0 heterocycles. The third-order valence-corrected chi connectivity index (χ3v) is 2.06. The fourth-order valence-corrected chi connectivity index (χ4v) is 1.15. The normalized spacial score (nSPS) is 11.9. The second-order valence-corrected chi connectivity index (χ2v) is 3.86. The van der Waals surface area contributed by atoms with Gasteiger partial charge in [0.2, 0.25) is 0 Å². The van der Waals surface area contributed by atoms with Crippen molar-refractivity contribution in [2.24, 2.45) is 0 Å². The van der Waals surface area contributed by atoms with Crippen molar-refractivity contribution >= 4 is 17.7 Å². The second kappa shape index (κ2) is 6.35. The van der Waals surface area contributed by atoms with Crippen LogP contribution in [0.2, 0.25) is 5.02 Å². The molecule has 2 N–H and O–H groups in total. The zero-order valence-corrected chi connectivity index (χ0v) is 9.70. The highest BCUT2D eigenvalue weighted by Crippen LogP contribution is 2.09. The molecule has 0 aliphatic carbocycles. The van der Waals surface area contributed by atoms with Gasteiger partial charge in [0.25, 0.3) is 0 Å². The van der Waals surface area contributed by atoms with Crippen LogP contribution in [0.3, 0.4) is 0 Å². The lowest BCUT2D eigenvalue weighted by molar-refractivity contribution is 0.0778. The number of hydrogen-bond donors (Lipinski definition) is 2. The van der Waals surface area contributed by atoms with E-state index in [2.05, 4.69) is 5.32 Å². The number of ether oxygens (including phenoxy) is 1. The average Bonchev–Trinajstić information content (AvgIpc) is 2.25. The molecule has 0 saturated heterocycles. The number of aliphatic hydroxyl groups is 1. The summed E-state index contributed by atoms with van der Waals surface area (Å²) in [5.74, 6) is 0. The maximum absolute atomic E-state index is 11.1. The number of nitrogens with one attached hydrogen (secondary N) is 1. The molecule has 1 aromatic carbocycles. The van der Waals surface area contributed by atoms with Crippen LogP contribution in [0.15, 0.2) is 24.3 Å². The van der Waals surface area contributed by atoms with E-state index in [4.69, 9.17) is 21.4 Å². The first kappa shape index (κ1) is 12.8. The highest BCUT2D eigenvalue weighted by atomic mass is 35.5. The number of alkyl carbamates (subject to hydrolysis) is 1. The molecule has 1 atom stereocenters. The molecule has 16 heavy (non-hydrogen) atoms. The van der Waals surface area contributed by atoms with Gasteiger partial charge in [0, 0.05) is 11.6 Å². The van der Waals surface area contributed by atoms with E-state index >= 15 is 0 Å². The van der Waals surface area contributed by atoms with Crippen molar-refractivity contribution in [3.05, 3.63) is 34.9 Å². The van der Waals surface area contributed by atoms with Crippen LogP contribution in [0.1, 0.15) is 12.5 Å². The van der Waals surface area contributed by atoms with Gasteiger partial charge in [0.05, 0.1) is 6.10 Å². The van der Waals surface area contributed by atoms with Crippen molar-refractivity contribution in [2.75, 3.05) is 6.61 Å². The Morgan fingerprint density at radius 3 is 2.69 bits per heavy atom. The van der Waals surface area contributed by atoms with Gasteiger partial charge < -0.3 is 15.2 Å². The fourth-order valence-electron chi connectivity index (χ4n) is 1.02. The summed E-state index contributed by atoms with van der Waals surface area (Å²) in [5.41, 5.74) is 0.929. The first-order valence-corrected chi connectivity index (χ1v) is 5.29. The van der Waals surface area contributed by atoms with Gasteiger partial charge in [-0.2, -0.15) is 0 Å². The maximum atomic E-state index is 11.1. The first-order chi connectivity index (χ1) is 7.58. The lowest BCUT2D eigenvalue weighted by Crippen LogP contribution is -2.26. The van der Waals surface area contributed by atoms with Gasteiger partial charge >= 0.3 is 6.09 Å². The smallest absolute Gasteiger partial charge is 0.407 e. The monoisotopic (exact) mass is 243 g/mol. The Kier molecular flexibility index (Phi) is 5.08. The molecule has 88 valence electrons.